The first-order valence-corrected chi connectivity index (χ1v) is 9.62. The lowest BCUT2D eigenvalue weighted by atomic mass is 9.93. The Hall–Kier alpha value is -1.05. The summed E-state index contributed by atoms with van der Waals surface area (Å²) in [6.07, 6.45) is 5.76. The van der Waals surface area contributed by atoms with Crippen molar-refractivity contribution in [3.05, 3.63) is 23.9 Å². The van der Waals surface area contributed by atoms with Crippen molar-refractivity contribution in [2.45, 2.75) is 46.6 Å². The van der Waals surface area contributed by atoms with E-state index in [9.17, 15) is 0 Å². The molecule has 0 aromatic carbocycles. The number of rotatable bonds is 3. The number of halogens is 1. The van der Waals surface area contributed by atoms with Crippen LogP contribution in [-0.4, -0.2) is 49.1 Å². The molecule has 146 valence electrons. The molecule has 0 amide bonds. The second-order valence-corrected chi connectivity index (χ2v) is 8.43. The van der Waals surface area contributed by atoms with E-state index < -0.39 is 0 Å². The summed E-state index contributed by atoms with van der Waals surface area (Å²) < 4.78 is 0. The lowest BCUT2D eigenvalue weighted by Crippen LogP contribution is -2.40. The Kier molecular flexibility index (Phi) is 7.55. The van der Waals surface area contributed by atoms with Gasteiger partial charge in [0.1, 0.15) is 5.82 Å². The third-order valence-corrected chi connectivity index (χ3v) is 5.56. The Morgan fingerprint density at radius 3 is 2.54 bits per heavy atom. The molecule has 6 heteroatoms. The van der Waals surface area contributed by atoms with Crippen molar-refractivity contribution in [1.82, 2.24) is 15.2 Å². The van der Waals surface area contributed by atoms with Crippen molar-refractivity contribution in [2.75, 3.05) is 38.1 Å². The van der Waals surface area contributed by atoms with Gasteiger partial charge in [0, 0.05) is 46.0 Å². The topological polar surface area (TPSA) is 43.8 Å². The van der Waals surface area contributed by atoms with Gasteiger partial charge in [-0.3, -0.25) is 4.99 Å². The minimum atomic E-state index is 0. The average Bonchev–Trinajstić information content (AvgIpc) is 2.97. The fourth-order valence-corrected chi connectivity index (χ4v) is 3.75. The van der Waals surface area contributed by atoms with E-state index in [1.54, 1.807) is 0 Å². The maximum Gasteiger partial charge on any atom is 0.193 e. The van der Waals surface area contributed by atoms with Crippen molar-refractivity contribution >= 4 is 35.8 Å². The standard InChI is InChI=1S/C20H33N5.HI/c1-16-7-10-24(11-8-16)18-6-5-17(13-22-18)14-23-19(21-4)25-12-9-20(2,3)15-25;/h5-6,13,16H,7-12,14-15H2,1-4H3,(H,21,23);1H. The van der Waals surface area contributed by atoms with E-state index >= 15 is 0 Å². The van der Waals surface area contributed by atoms with Crippen LogP contribution in [0, 0.1) is 11.3 Å². The fourth-order valence-electron chi connectivity index (χ4n) is 3.75. The Labute approximate surface area is 175 Å². The summed E-state index contributed by atoms with van der Waals surface area (Å²) in [6, 6.07) is 4.35. The van der Waals surface area contributed by atoms with E-state index in [4.69, 9.17) is 0 Å². The zero-order valence-electron chi connectivity index (χ0n) is 16.7. The molecule has 0 spiro atoms. The molecule has 1 aromatic heterocycles. The second kappa shape index (κ2) is 9.24. The van der Waals surface area contributed by atoms with Gasteiger partial charge in [0.05, 0.1) is 0 Å². The van der Waals surface area contributed by atoms with Crippen LogP contribution in [0.1, 0.15) is 45.6 Å². The number of aliphatic imine (C=N–C) groups is 1. The molecule has 1 aromatic rings. The third-order valence-electron chi connectivity index (χ3n) is 5.56. The van der Waals surface area contributed by atoms with Crippen molar-refractivity contribution in [1.29, 1.82) is 0 Å². The Bertz CT molecular complexity index is 591. The molecular formula is C20H34IN5. The normalized spacial score (nSPS) is 20.8. The van der Waals surface area contributed by atoms with E-state index in [1.165, 1.54) is 24.8 Å². The molecule has 2 aliphatic heterocycles. The number of aromatic nitrogens is 1. The molecule has 2 fully saturated rings. The van der Waals surface area contributed by atoms with Crippen LogP contribution in [0.15, 0.2) is 23.3 Å². The van der Waals surface area contributed by atoms with Crippen LogP contribution in [0.25, 0.3) is 0 Å². The zero-order chi connectivity index (χ0) is 17.9. The molecule has 1 N–H and O–H groups in total. The minimum absolute atomic E-state index is 0. The maximum atomic E-state index is 4.68. The third kappa shape index (κ3) is 5.47. The predicted octanol–water partition coefficient (Wildman–Crippen LogP) is 3.74. The first-order chi connectivity index (χ1) is 12.0. The number of pyridine rings is 1. The minimum Gasteiger partial charge on any atom is -0.357 e. The number of hydrogen-bond acceptors (Lipinski definition) is 3. The van der Waals surface area contributed by atoms with Crippen LogP contribution >= 0.6 is 24.0 Å². The molecule has 0 bridgehead atoms. The van der Waals surface area contributed by atoms with Crippen molar-refractivity contribution in [2.24, 2.45) is 16.3 Å². The molecule has 0 atom stereocenters. The number of likely N-dealkylation sites (tertiary alicyclic amines) is 1. The maximum absolute atomic E-state index is 4.68. The number of anilines is 1. The monoisotopic (exact) mass is 471 g/mol. The summed E-state index contributed by atoms with van der Waals surface area (Å²) in [5, 5.41) is 3.49. The number of hydrogen-bond donors (Lipinski definition) is 1. The van der Waals surface area contributed by atoms with Crippen LogP contribution in [0.4, 0.5) is 5.82 Å². The van der Waals surface area contributed by atoms with Gasteiger partial charge in [-0.05, 0) is 42.2 Å². The van der Waals surface area contributed by atoms with Gasteiger partial charge in [0.25, 0.3) is 0 Å². The Morgan fingerprint density at radius 1 is 1.27 bits per heavy atom. The van der Waals surface area contributed by atoms with Gasteiger partial charge in [0.2, 0.25) is 0 Å². The van der Waals surface area contributed by atoms with Gasteiger partial charge in [-0.1, -0.05) is 26.8 Å². The first kappa shape index (κ1) is 21.3. The van der Waals surface area contributed by atoms with Crippen molar-refractivity contribution in [3.63, 3.8) is 0 Å². The van der Waals surface area contributed by atoms with Gasteiger partial charge >= 0.3 is 0 Å². The van der Waals surface area contributed by atoms with Gasteiger partial charge in [-0.25, -0.2) is 4.98 Å². The van der Waals surface area contributed by atoms with Crippen LogP contribution < -0.4 is 10.2 Å². The predicted molar refractivity (Wildman–Crippen MR) is 120 cm³/mol. The molecule has 3 rings (SSSR count). The highest BCUT2D eigenvalue weighted by Crippen LogP contribution is 2.28. The van der Waals surface area contributed by atoms with Crippen molar-refractivity contribution < 1.29 is 0 Å². The highest BCUT2D eigenvalue weighted by molar-refractivity contribution is 14.0. The second-order valence-electron chi connectivity index (χ2n) is 8.43. The summed E-state index contributed by atoms with van der Waals surface area (Å²) in [5.41, 5.74) is 1.58. The number of guanidine groups is 1. The molecule has 5 nitrogen and oxygen atoms in total. The molecule has 2 saturated heterocycles. The molecule has 3 heterocycles. The quantitative estimate of drug-likeness (QED) is 0.415. The van der Waals surface area contributed by atoms with Gasteiger partial charge < -0.3 is 15.1 Å². The lowest BCUT2D eigenvalue weighted by Gasteiger charge is -2.31. The summed E-state index contributed by atoms with van der Waals surface area (Å²) in [6.45, 7) is 12.2. The highest BCUT2D eigenvalue weighted by Gasteiger charge is 2.30. The number of nitrogens with one attached hydrogen (secondary N) is 1. The fraction of sp³-hybridized carbons (Fsp3) is 0.700. The van der Waals surface area contributed by atoms with Gasteiger partial charge in [-0.2, -0.15) is 0 Å². The molecule has 26 heavy (non-hydrogen) atoms. The summed E-state index contributed by atoms with van der Waals surface area (Å²) in [7, 11) is 1.87. The lowest BCUT2D eigenvalue weighted by molar-refractivity contribution is 0.370. The van der Waals surface area contributed by atoms with E-state index in [0.29, 0.717) is 5.41 Å². The SMILES string of the molecule is CN=C(NCc1ccc(N2CCC(C)CC2)nc1)N1CCC(C)(C)C1.I. The first-order valence-electron chi connectivity index (χ1n) is 9.62. The molecular weight excluding hydrogens is 437 g/mol. The highest BCUT2D eigenvalue weighted by atomic mass is 127. The Balaban J connectivity index is 0.00000243. The summed E-state index contributed by atoms with van der Waals surface area (Å²) in [5.74, 6) is 2.96. The van der Waals surface area contributed by atoms with Crippen molar-refractivity contribution in [3.8, 4) is 0 Å². The summed E-state index contributed by atoms with van der Waals surface area (Å²) >= 11 is 0. The largest absolute Gasteiger partial charge is 0.357 e. The zero-order valence-corrected chi connectivity index (χ0v) is 19.0. The van der Waals surface area contributed by atoms with E-state index in [0.717, 1.165) is 50.4 Å². The van der Waals surface area contributed by atoms with Gasteiger partial charge in [0.15, 0.2) is 5.96 Å². The van der Waals surface area contributed by atoms with Crippen LogP contribution in [0.2, 0.25) is 0 Å². The van der Waals surface area contributed by atoms with Crippen LogP contribution in [-0.2, 0) is 6.54 Å². The molecule has 0 saturated carbocycles. The smallest absolute Gasteiger partial charge is 0.193 e. The average molecular weight is 471 g/mol. The Morgan fingerprint density at radius 2 is 2.00 bits per heavy atom. The molecule has 0 aliphatic carbocycles. The van der Waals surface area contributed by atoms with E-state index in [-0.39, 0.29) is 24.0 Å². The summed E-state index contributed by atoms with van der Waals surface area (Å²) in [4.78, 5) is 13.9. The van der Waals surface area contributed by atoms with E-state index in [1.807, 2.05) is 13.2 Å². The molecule has 0 unspecified atom stereocenters. The van der Waals surface area contributed by atoms with E-state index in [2.05, 4.69) is 58.0 Å². The van der Waals surface area contributed by atoms with Crippen LogP contribution in [0.3, 0.4) is 0 Å². The number of nitrogens with zero attached hydrogens (tertiary/aromatic N) is 4. The molecule has 0 radical (unpaired) electrons. The van der Waals surface area contributed by atoms with Gasteiger partial charge in [-0.15, -0.1) is 24.0 Å². The van der Waals surface area contributed by atoms with Crippen LogP contribution in [0.5, 0.6) is 0 Å². The number of piperidine rings is 1. The molecule has 2 aliphatic rings.